The van der Waals surface area contributed by atoms with Crippen molar-refractivity contribution in [1.82, 2.24) is 0 Å². The van der Waals surface area contributed by atoms with Crippen molar-refractivity contribution in [2.45, 2.75) is 6.92 Å². The number of allylic oxidation sites excluding steroid dienone is 1. The number of furan rings is 1. The van der Waals surface area contributed by atoms with Crippen molar-refractivity contribution in [3.8, 4) is 11.5 Å². The molecule has 0 saturated heterocycles. The second kappa shape index (κ2) is 5.96. The van der Waals surface area contributed by atoms with E-state index in [1.807, 2.05) is 0 Å². The lowest BCUT2D eigenvalue weighted by molar-refractivity contribution is 0.102. The number of ketones is 1. The first-order valence-corrected chi connectivity index (χ1v) is 6.66. The highest BCUT2D eigenvalue weighted by atomic mass is 79.9. The second-order valence-electron chi connectivity index (χ2n) is 4.15. The summed E-state index contributed by atoms with van der Waals surface area (Å²) in [5, 5.41) is 9.61. The molecule has 0 aliphatic heterocycles. The maximum Gasteiger partial charge on any atom is 0.221 e. The van der Waals surface area contributed by atoms with Gasteiger partial charge in [-0.3, -0.25) is 4.79 Å². The predicted octanol–water partition coefficient (Wildman–Crippen LogP) is 3.96. The van der Waals surface area contributed by atoms with Crippen LogP contribution < -0.4 is 4.74 Å². The molecule has 2 aromatic rings. The Morgan fingerprint density at radius 1 is 1.40 bits per heavy atom. The summed E-state index contributed by atoms with van der Waals surface area (Å²) >= 11 is 3.32. The molecular formula is C15H13BrO4. The lowest BCUT2D eigenvalue weighted by Crippen LogP contribution is -1.91. The van der Waals surface area contributed by atoms with Gasteiger partial charge in [-0.25, -0.2) is 0 Å². The van der Waals surface area contributed by atoms with Crippen molar-refractivity contribution >= 4 is 27.8 Å². The van der Waals surface area contributed by atoms with E-state index in [-0.39, 0.29) is 11.5 Å². The monoisotopic (exact) mass is 336 g/mol. The second-order valence-corrected chi connectivity index (χ2v) is 5.01. The van der Waals surface area contributed by atoms with Crippen LogP contribution >= 0.6 is 15.9 Å². The van der Waals surface area contributed by atoms with Crippen LogP contribution in [0.15, 0.2) is 39.2 Å². The van der Waals surface area contributed by atoms with Crippen molar-refractivity contribution in [2.75, 3.05) is 7.11 Å². The highest BCUT2D eigenvalue weighted by Crippen LogP contribution is 2.33. The van der Waals surface area contributed by atoms with Gasteiger partial charge in [0, 0.05) is 4.47 Å². The molecule has 1 heterocycles. The highest BCUT2D eigenvalue weighted by Gasteiger charge is 2.09. The zero-order valence-corrected chi connectivity index (χ0v) is 12.6. The lowest BCUT2D eigenvalue weighted by atomic mass is 10.1. The summed E-state index contributed by atoms with van der Waals surface area (Å²) in [6.45, 7) is 1.78. The van der Waals surface area contributed by atoms with Crippen LogP contribution in [0, 0.1) is 6.92 Å². The van der Waals surface area contributed by atoms with Gasteiger partial charge in [0.1, 0.15) is 5.76 Å². The van der Waals surface area contributed by atoms with Crippen LogP contribution in [0.5, 0.6) is 11.5 Å². The summed E-state index contributed by atoms with van der Waals surface area (Å²) in [6.07, 6.45) is 3.04. The first-order valence-electron chi connectivity index (χ1n) is 5.86. The molecule has 5 heteroatoms. The van der Waals surface area contributed by atoms with E-state index in [0.717, 1.165) is 5.56 Å². The van der Waals surface area contributed by atoms with Gasteiger partial charge in [0.05, 0.1) is 7.11 Å². The van der Waals surface area contributed by atoms with Crippen molar-refractivity contribution in [1.29, 1.82) is 0 Å². The van der Waals surface area contributed by atoms with Gasteiger partial charge in [-0.05, 0) is 48.9 Å². The highest BCUT2D eigenvalue weighted by molar-refractivity contribution is 9.10. The van der Waals surface area contributed by atoms with E-state index in [2.05, 4.69) is 15.9 Å². The van der Waals surface area contributed by atoms with Crippen molar-refractivity contribution in [3.05, 3.63) is 51.9 Å². The standard InChI is InChI=1S/C15H13BrO4/c1-9-3-6-14(20-9)12(17)5-4-10-7-15(19-2)13(18)8-11(10)16/h3-8,18H,1-2H3/b5-4+. The third-order valence-electron chi connectivity index (χ3n) is 2.70. The Kier molecular flexibility index (Phi) is 4.29. The number of phenolic OH excluding ortho intramolecular Hbond substituents is 1. The van der Waals surface area contributed by atoms with E-state index in [1.165, 1.54) is 19.3 Å². The molecule has 4 nitrogen and oxygen atoms in total. The molecule has 1 aromatic heterocycles. The molecule has 0 saturated carbocycles. The maximum atomic E-state index is 11.9. The summed E-state index contributed by atoms with van der Waals surface area (Å²) in [4.78, 5) is 11.9. The summed E-state index contributed by atoms with van der Waals surface area (Å²) in [5.41, 5.74) is 0.719. The molecule has 0 spiro atoms. The van der Waals surface area contributed by atoms with E-state index in [0.29, 0.717) is 21.7 Å². The minimum atomic E-state index is -0.225. The van der Waals surface area contributed by atoms with E-state index in [4.69, 9.17) is 9.15 Å². The molecule has 0 fully saturated rings. The molecule has 104 valence electrons. The minimum absolute atomic E-state index is 0.0320. The molecular weight excluding hydrogens is 324 g/mol. The summed E-state index contributed by atoms with van der Waals surface area (Å²) in [7, 11) is 1.47. The van der Waals surface area contributed by atoms with Crippen LogP contribution in [0.25, 0.3) is 6.08 Å². The average molecular weight is 337 g/mol. The number of hydrogen-bond acceptors (Lipinski definition) is 4. The number of carbonyl (C=O) groups is 1. The Bertz CT molecular complexity index is 671. The Labute approximate surface area is 124 Å². The van der Waals surface area contributed by atoms with Crippen LogP contribution in [0.2, 0.25) is 0 Å². The van der Waals surface area contributed by atoms with Gasteiger partial charge >= 0.3 is 0 Å². The Hall–Kier alpha value is -2.01. The molecule has 0 aliphatic carbocycles. The molecule has 0 unspecified atom stereocenters. The van der Waals surface area contributed by atoms with Crippen molar-refractivity contribution in [3.63, 3.8) is 0 Å². The van der Waals surface area contributed by atoms with Gasteiger partial charge < -0.3 is 14.3 Å². The van der Waals surface area contributed by atoms with Gasteiger partial charge in [-0.2, -0.15) is 0 Å². The normalized spacial score (nSPS) is 10.9. The lowest BCUT2D eigenvalue weighted by Gasteiger charge is -2.06. The van der Waals surface area contributed by atoms with Gasteiger partial charge in [-0.1, -0.05) is 15.9 Å². The van der Waals surface area contributed by atoms with Crippen LogP contribution in [0.1, 0.15) is 21.9 Å². The number of ether oxygens (including phenoxy) is 1. The fraction of sp³-hybridized carbons (Fsp3) is 0.133. The van der Waals surface area contributed by atoms with Gasteiger partial charge in [0.25, 0.3) is 0 Å². The van der Waals surface area contributed by atoms with Crippen LogP contribution in [-0.4, -0.2) is 18.0 Å². The molecule has 0 atom stereocenters. The van der Waals surface area contributed by atoms with Gasteiger partial charge in [-0.15, -0.1) is 0 Å². The molecule has 20 heavy (non-hydrogen) atoms. The topological polar surface area (TPSA) is 59.7 Å². The first-order chi connectivity index (χ1) is 9.51. The Morgan fingerprint density at radius 2 is 2.15 bits per heavy atom. The molecule has 0 radical (unpaired) electrons. The Morgan fingerprint density at radius 3 is 2.75 bits per heavy atom. The summed E-state index contributed by atoms with van der Waals surface area (Å²) in [5.74, 6) is 1.13. The number of phenols is 1. The first kappa shape index (κ1) is 14.4. The number of hydrogen-bond donors (Lipinski definition) is 1. The zero-order valence-electron chi connectivity index (χ0n) is 11.0. The van der Waals surface area contributed by atoms with Crippen molar-refractivity contribution < 1.29 is 19.1 Å². The number of carbonyl (C=O) groups excluding carboxylic acids is 1. The minimum Gasteiger partial charge on any atom is -0.504 e. The van der Waals surface area contributed by atoms with Crippen LogP contribution in [-0.2, 0) is 0 Å². The maximum absolute atomic E-state index is 11.9. The average Bonchev–Trinajstić information content (AvgIpc) is 2.84. The number of methoxy groups -OCH3 is 1. The van der Waals surface area contributed by atoms with E-state index in [9.17, 15) is 9.90 Å². The van der Waals surface area contributed by atoms with Crippen LogP contribution in [0.4, 0.5) is 0 Å². The molecule has 0 aliphatic rings. The predicted molar refractivity (Wildman–Crippen MR) is 79.2 cm³/mol. The summed E-state index contributed by atoms with van der Waals surface area (Å²) in [6, 6.07) is 6.52. The largest absolute Gasteiger partial charge is 0.504 e. The van der Waals surface area contributed by atoms with Gasteiger partial charge in [0.2, 0.25) is 5.78 Å². The van der Waals surface area contributed by atoms with Crippen LogP contribution in [0.3, 0.4) is 0 Å². The number of rotatable bonds is 4. The van der Waals surface area contributed by atoms with E-state index < -0.39 is 0 Å². The quantitative estimate of drug-likeness (QED) is 0.678. The van der Waals surface area contributed by atoms with E-state index >= 15 is 0 Å². The molecule has 2 rings (SSSR count). The third-order valence-corrected chi connectivity index (χ3v) is 3.38. The SMILES string of the molecule is COc1cc(/C=C/C(=O)c2ccc(C)o2)c(Br)cc1O. The smallest absolute Gasteiger partial charge is 0.221 e. The number of halogens is 1. The van der Waals surface area contributed by atoms with Gasteiger partial charge in [0.15, 0.2) is 17.3 Å². The number of benzene rings is 1. The zero-order chi connectivity index (χ0) is 14.7. The third kappa shape index (κ3) is 3.11. The number of aromatic hydroxyl groups is 1. The fourth-order valence-electron chi connectivity index (χ4n) is 1.66. The summed E-state index contributed by atoms with van der Waals surface area (Å²) < 4.78 is 10.9. The fourth-order valence-corrected chi connectivity index (χ4v) is 2.13. The molecule has 0 amide bonds. The van der Waals surface area contributed by atoms with Crippen molar-refractivity contribution in [2.24, 2.45) is 0 Å². The molecule has 0 bridgehead atoms. The molecule has 1 N–H and O–H groups in total. The number of aryl methyl sites for hydroxylation is 1. The van der Waals surface area contributed by atoms with E-state index in [1.54, 1.807) is 31.2 Å². The molecule has 1 aromatic carbocycles. The Balaban J connectivity index is 2.25.